The fourth-order valence-corrected chi connectivity index (χ4v) is 2.90. The van der Waals surface area contributed by atoms with E-state index in [0.717, 1.165) is 25.7 Å². The van der Waals surface area contributed by atoms with E-state index in [-0.39, 0.29) is 12.0 Å². The second-order valence-corrected chi connectivity index (χ2v) is 7.78. The number of amides is 1. The SMILES string of the molecule is CCCCCCCCC(CO)(CCC)CNC(=O)OC(C)(C)C. The number of hydrogen-bond acceptors (Lipinski definition) is 3. The van der Waals surface area contributed by atoms with Crippen molar-refractivity contribution in [1.29, 1.82) is 0 Å². The van der Waals surface area contributed by atoms with Gasteiger partial charge in [-0.25, -0.2) is 4.79 Å². The van der Waals surface area contributed by atoms with E-state index in [1.165, 1.54) is 32.1 Å². The van der Waals surface area contributed by atoms with E-state index >= 15 is 0 Å². The second-order valence-electron chi connectivity index (χ2n) is 7.78. The van der Waals surface area contributed by atoms with E-state index in [0.29, 0.717) is 6.54 Å². The molecule has 0 bridgehead atoms. The minimum atomic E-state index is -0.490. The molecule has 0 aliphatic heterocycles. The van der Waals surface area contributed by atoms with Crippen molar-refractivity contribution in [2.75, 3.05) is 13.2 Å². The van der Waals surface area contributed by atoms with E-state index in [4.69, 9.17) is 4.74 Å². The van der Waals surface area contributed by atoms with Crippen LogP contribution in [0, 0.1) is 5.41 Å². The van der Waals surface area contributed by atoms with Crippen LogP contribution >= 0.6 is 0 Å². The third-order valence-corrected chi connectivity index (χ3v) is 4.18. The molecule has 0 rings (SSSR count). The molecule has 0 radical (unpaired) electrons. The summed E-state index contributed by atoms with van der Waals surface area (Å²) in [5, 5.41) is 12.8. The summed E-state index contributed by atoms with van der Waals surface area (Å²) < 4.78 is 5.29. The molecule has 2 N–H and O–H groups in total. The van der Waals surface area contributed by atoms with Crippen molar-refractivity contribution in [3.63, 3.8) is 0 Å². The number of alkyl carbamates (subject to hydrolysis) is 1. The first-order chi connectivity index (χ1) is 10.8. The fraction of sp³-hybridized carbons (Fsp3) is 0.947. The van der Waals surface area contributed by atoms with Gasteiger partial charge in [0.25, 0.3) is 0 Å². The number of aliphatic hydroxyl groups is 1. The number of carbonyl (C=O) groups is 1. The molecule has 0 aliphatic carbocycles. The van der Waals surface area contributed by atoms with Crippen molar-refractivity contribution in [3.05, 3.63) is 0 Å². The van der Waals surface area contributed by atoms with E-state index in [2.05, 4.69) is 19.2 Å². The van der Waals surface area contributed by atoms with Crippen LogP contribution in [0.4, 0.5) is 4.79 Å². The molecule has 1 amide bonds. The Labute approximate surface area is 143 Å². The average molecular weight is 330 g/mol. The Bertz CT molecular complexity index is 312. The molecule has 0 saturated carbocycles. The van der Waals surface area contributed by atoms with Crippen molar-refractivity contribution in [2.45, 2.75) is 98.0 Å². The van der Waals surface area contributed by atoms with Gasteiger partial charge in [0.15, 0.2) is 0 Å². The van der Waals surface area contributed by atoms with E-state index in [1.54, 1.807) is 0 Å². The van der Waals surface area contributed by atoms with Gasteiger partial charge in [-0.05, 0) is 33.6 Å². The standard InChI is InChI=1S/C19H39NO3/c1-6-8-9-10-11-12-14-19(16-21,13-7-2)15-20-17(22)23-18(3,4)5/h21H,6-16H2,1-5H3,(H,20,22). The van der Waals surface area contributed by atoms with Gasteiger partial charge in [0.2, 0.25) is 0 Å². The van der Waals surface area contributed by atoms with Crippen LogP contribution in [0.15, 0.2) is 0 Å². The highest BCUT2D eigenvalue weighted by Crippen LogP contribution is 2.30. The van der Waals surface area contributed by atoms with Gasteiger partial charge >= 0.3 is 6.09 Å². The number of nitrogens with one attached hydrogen (secondary N) is 1. The largest absolute Gasteiger partial charge is 0.444 e. The molecular formula is C19H39NO3. The summed E-state index contributed by atoms with van der Waals surface area (Å²) in [5.74, 6) is 0. The molecule has 0 heterocycles. The number of ether oxygens (including phenoxy) is 1. The smallest absolute Gasteiger partial charge is 0.407 e. The normalized spacial score (nSPS) is 14.3. The third kappa shape index (κ3) is 11.4. The zero-order chi connectivity index (χ0) is 17.8. The first-order valence-electron chi connectivity index (χ1n) is 9.36. The van der Waals surface area contributed by atoms with Crippen molar-refractivity contribution in [1.82, 2.24) is 5.32 Å². The lowest BCUT2D eigenvalue weighted by Crippen LogP contribution is -2.42. The van der Waals surface area contributed by atoms with Gasteiger partial charge in [0.05, 0.1) is 6.61 Å². The predicted octanol–water partition coefficient (Wildman–Crippen LogP) is 5.04. The summed E-state index contributed by atoms with van der Waals surface area (Å²) in [6, 6.07) is 0. The molecule has 0 aromatic carbocycles. The summed E-state index contributed by atoms with van der Waals surface area (Å²) in [6.45, 7) is 10.5. The number of rotatable bonds is 12. The van der Waals surface area contributed by atoms with Gasteiger partial charge in [0, 0.05) is 12.0 Å². The van der Waals surface area contributed by atoms with Crippen LogP contribution in [0.25, 0.3) is 0 Å². The molecule has 1 unspecified atom stereocenters. The number of unbranched alkanes of at least 4 members (excludes halogenated alkanes) is 5. The monoisotopic (exact) mass is 329 g/mol. The summed E-state index contributed by atoms with van der Waals surface area (Å²) >= 11 is 0. The number of hydrogen-bond donors (Lipinski definition) is 2. The van der Waals surface area contributed by atoms with E-state index < -0.39 is 11.7 Å². The molecule has 0 fully saturated rings. The zero-order valence-electron chi connectivity index (χ0n) is 16.0. The molecule has 0 aromatic heterocycles. The summed E-state index contributed by atoms with van der Waals surface area (Å²) in [4.78, 5) is 11.9. The Morgan fingerprint density at radius 1 is 0.957 bits per heavy atom. The van der Waals surface area contributed by atoms with Gasteiger partial charge in [-0.2, -0.15) is 0 Å². The van der Waals surface area contributed by atoms with Crippen LogP contribution in [0.3, 0.4) is 0 Å². The van der Waals surface area contributed by atoms with Crippen LogP contribution < -0.4 is 5.32 Å². The maximum atomic E-state index is 11.9. The topological polar surface area (TPSA) is 58.6 Å². The molecule has 23 heavy (non-hydrogen) atoms. The molecule has 1 atom stereocenters. The highest BCUT2D eigenvalue weighted by atomic mass is 16.6. The van der Waals surface area contributed by atoms with Gasteiger partial charge in [-0.15, -0.1) is 0 Å². The van der Waals surface area contributed by atoms with Crippen LogP contribution in [-0.2, 0) is 4.74 Å². The Kier molecular flexibility index (Phi) is 11.3. The Morgan fingerprint density at radius 3 is 2.09 bits per heavy atom. The van der Waals surface area contributed by atoms with Gasteiger partial charge < -0.3 is 15.2 Å². The molecule has 138 valence electrons. The zero-order valence-corrected chi connectivity index (χ0v) is 16.0. The average Bonchev–Trinajstić information content (AvgIpc) is 2.46. The maximum Gasteiger partial charge on any atom is 0.407 e. The number of aliphatic hydroxyl groups excluding tert-OH is 1. The van der Waals surface area contributed by atoms with Crippen LogP contribution in [0.2, 0.25) is 0 Å². The van der Waals surface area contributed by atoms with Crippen LogP contribution in [0.5, 0.6) is 0 Å². The molecule has 0 spiro atoms. The van der Waals surface area contributed by atoms with Crippen LogP contribution in [-0.4, -0.2) is 30.0 Å². The summed E-state index contributed by atoms with van der Waals surface area (Å²) in [7, 11) is 0. The van der Waals surface area contributed by atoms with Gasteiger partial charge in [-0.3, -0.25) is 0 Å². The molecule has 0 aliphatic rings. The first-order valence-corrected chi connectivity index (χ1v) is 9.36. The molecule has 4 heteroatoms. The third-order valence-electron chi connectivity index (χ3n) is 4.18. The highest BCUT2D eigenvalue weighted by Gasteiger charge is 2.29. The minimum Gasteiger partial charge on any atom is -0.444 e. The minimum absolute atomic E-state index is 0.117. The Hall–Kier alpha value is -0.770. The highest BCUT2D eigenvalue weighted by molar-refractivity contribution is 5.67. The molecule has 4 nitrogen and oxygen atoms in total. The summed E-state index contributed by atoms with van der Waals surface area (Å²) in [6.07, 6.45) is 9.94. The van der Waals surface area contributed by atoms with E-state index in [1.807, 2.05) is 20.8 Å². The maximum absolute atomic E-state index is 11.9. The predicted molar refractivity (Wildman–Crippen MR) is 96.7 cm³/mol. The Morgan fingerprint density at radius 2 is 1.57 bits per heavy atom. The second kappa shape index (κ2) is 11.7. The quantitative estimate of drug-likeness (QED) is 0.493. The van der Waals surface area contributed by atoms with Crippen LogP contribution in [0.1, 0.15) is 92.4 Å². The van der Waals surface area contributed by atoms with Crippen molar-refractivity contribution >= 4 is 6.09 Å². The fourth-order valence-electron chi connectivity index (χ4n) is 2.90. The van der Waals surface area contributed by atoms with Crippen molar-refractivity contribution in [2.24, 2.45) is 5.41 Å². The van der Waals surface area contributed by atoms with E-state index in [9.17, 15) is 9.90 Å². The van der Waals surface area contributed by atoms with Crippen molar-refractivity contribution in [3.8, 4) is 0 Å². The van der Waals surface area contributed by atoms with Crippen molar-refractivity contribution < 1.29 is 14.6 Å². The van der Waals surface area contributed by atoms with Gasteiger partial charge in [0.1, 0.15) is 5.60 Å². The van der Waals surface area contributed by atoms with Gasteiger partial charge in [-0.1, -0.05) is 58.8 Å². The lowest BCUT2D eigenvalue weighted by Gasteiger charge is -2.32. The molecule has 0 saturated heterocycles. The summed E-state index contributed by atoms with van der Waals surface area (Å²) in [5.41, 5.74) is -0.702. The first kappa shape index (κ1) is 22.2. The molecular weight excluding hydrogens is 290 g/mol. The lowest BCUT2D eigenvalue weighted by atomic mass is 9.79. The number of carbonyl (C=O) groups excluding carboxylic acids is 1. The Balaban J connectivity index is 4.33. The lowest BCUT2D eigenvalue weighted by molar-refractivity contribution is 0.0441. The molecule has 0 aromatic rings.